The molecular formula is C16H22ClFN2O2. The van der Waals surface area contributed by atoms with Gasteiger partial charge in [-0.05, 0) is 50.9 Å². The molecule has 2 N–H and O–H groups in total. The Labute approximate surface area is 135 Å². The lowest BCUT2D eigenvalue weighted by Crippen LogP contribution is -2.33. The standard InChI is InChI=1S/C16H22ClFN2O2/c17-14-7-3-6-13(15(14)18)16(22)19-8-1-2-9-20-10-4-5-12(20)11-21/h3,6-7,12,21H,1-2,4-5,8-11H2,(H,19,22). The molecule has 1 aromatic rings. The molecule has 22 heavy (non-hydrogen) atoms. The highest BCUT2D eigenvalue weighted by Gasteiger charge is 2.22. The fourth-order valence-electron chi connectivity index (χ4n) is 2.81. The van der Waals surface area contributed by atoms with Crippen molar-refractivity contribution >= 4 is 17.5 Å². The number of carbonyl (C=O) groups excluding carboxylic acids is 1. The number of aliphatic hydroxyl groups excluding tert-OH is 1. The average Bonchev–Trinajstić information content (AvgIpc) is 2.97. The summed E-state index contributed by atoms with van der Waals surface area (Å²) >= 11 is 5.66. The highest BCUT2D eigenvalue weighted by atomic mass is 35.5. The third kappa shape index (κ3) is 4.41. The van der Waals surface area contributed by atoms with Crippen molar-refractivity contribution < 1.29 is 14.3 Å². The summed E-state index contributed by atoms with van der Waals surface area (Å²) in [6.45, 7) is 2.67. The fraction of sp³-hybridized carbons (Fsp3) is 0.562. The molecule has 0 radical (unpaired) electrons. The van der Waals surface area contributed by atoms with Gasteiger partial charge in [-0.2, -0.15) is 0 Å². The summed E-state index contributed by atoms with van der Waals surface area (Å²) in [5.41, 5.74) is -0.0209. The molecule has 1 unspecified atom stereocenters. The maximum absolute atomic E-state index is 13.7. The SMILES string of the molecule is O=C(NCCCCN1CCCC1CO)c1cccc(Cl)c1F. The van der Waals surface area contributed by atoms with Gasteiger partial charge in [0, 0.05) is 12.6 Å². The van der Waals surface area contributed by atoms with Gasteiger partial charge < -0.3 is 10.4 Å². The quantitative estimate of drug-likeness (QED) is 0.756. The third-order valence-corrected chi connectivity index (χ3v) is 4.36. The van der Waals surface area contributed by atoms with Crippen LogP contribution >= 0.6 is 11.6 Å². The van der Waals surface area contributed by atoms with Crippen molar-refractivity contribution in [3.05, 3.63) is 34.6 Å². The van der Waals surface area contributed by atoms with E-state index >= 15 is 0 Å². The van der Waals surface area contributed by atoms with Gasteiger partial charge in [0.05, 0.1) is 17.2 Å². The minimum absolute atomic E-state index is 0.0209. The predicted octanol–water partition coefficient (Wildman–Crippen LogP) is 2.45. The molecule has 4 nitrogen and oxygen atoms in total. The van der Waals surface area contributed by atoms with Gasteiger partial charge in [0.25, 0.3) is 5.91 Å². The van der Waals surface area contributed by atoms with E-state index in [1.54, 1.807) is 6.07 Å². The van der Waals surface area contributed by atoms with E-state index in [4.69, 9.17) is 11.6 Å². The first-order chi connectivity index (χ1) is 10.6. The number of hydrogen-bond donors (Lipinski definition) is 2. The number of likely N-dealkylation sites (tertiary alicyclic amines) is 1. The second-order valence-corrected chi connectivity index (χ2v) is 5.99. The van der Waals surface area contributed by atoms with Gasteiger partial charge in [-0.3, -0.25) is 9.69 Å². The summed E-state index contributed by atoms with van der Waals surface area (Å²) in [5, 5.41) is 11.9. The molecule has 0 saturated carbocycles. The average molecular weight is 329 g/mol. The molecule has 2 rings (SSSR count). The number of nitrogens with zero attached hydrogens (tertiary/aromatic N) is 1. The van der Waals surface area contributed by atoms with Crippen molar-refractivity contribution in [1.82, 2.24) is 10.2 Å². The van der Waals surface area contributed by atoms with Crippen LogP contribution in [0.2, 0.25) is 5.02 Å². The van der Waals surface area contributed by atoms with Crippen LogP contribution < -0.4 is 5.32 Å². The highest BCUT2D eigenvalue weighted by Crippen LogP contribution is 2.18. The molecule has 1 aliphatic rings. The zero-order chi connectivity index (χ0) is 15.9. The molecule has 1 aromatic carbocycles. The summed E-state index contributed by atoms with van der Waals surface area (Å²) in [6, 6.07) is 4.69. The summed E-state index contributed by atoms with van der Waals surface area (Å²) in [5.74, 6) is -1.11. The first-order valence-corrected chi connectivity index (χ1v) is 8.08. The second kappa shape index (κ2) is 8.46. The van der Waals surface area contributed by atoms with Crippen molar-refractivity contribution in [1.29, 1.82) is 0 Å². The first kappa shape index (κ1) is 17.2. The minimum atomic E-state index is -0.676. The van der Waals surface area contributed by atoms with Gasteiger partial charge in [-0.25, -0.2) is 4.39 Å². The van der Waals surface area contributed by atoms with Crippen LogP contribution in [0.15, 0.2) is 18.2 Å². The Bertz CT molecular complexity index is 513. The smallest absolute Gasteiger partial charge is 0.254 e. The Morgan fingerprint density at radius 1 is 1.45 bits per heavy atom. The fourth-order valence-corrected chi connectivity index (χ4v) is 2.99. The Morgan fingerprint density at radius 3 is 3.05 bits per heavy atom. The second-order valence-electron chi connectivity index (χ2n) is 5.58. The molecule has 1 saturated heterocycles. The van der Waals surface area contributed by atoms with Crippen LogP contribution in [0.4, 0.5) is 4.39 Å². The number of unbranched alkanes of at least 4 members (excludes halogenated alkanes) is 1. The lowest BCUT2D eigenvalue weighted by atomic mass is 10.2. The number of hydrogen-bond acceptors (Lipinski definition) is 3. The number of rotatable bonds is 7. The molecule has 1 heterocycles. The van der Waals surface area contributed by atoms with E-state index in [0.717, 1.165) is 38.8 Å². The number of amides is 1. The summed E-state index contributed by atoms with van der Waals surface area (Å²) in [4.78, 5) is 14.2. The van der Waals surface area contributed by atoms with E-state index in [1.807, 2.05) is 0 Å². The zero-order valence-corrected chi connectivity index (χ0v) is 13.3. The van der Waals surface area contributed by atoms with Crippen LogP contribution in [0.5, 0.6) is 0 Å². The normalized spacial score (nSPS) is 18.6. The van der Waals surface area contributed by atoms with Gasteiger partial charge in [-0.15, -0.1) is 0 Å². The number of aliphatic hydroxyl groups is 1. The molecule has 1 aliphatic heterocycles. The van der Waals surface area contributed by atoms with Crippen molar-refractivity contribution in [2.45, 2.75) is 31.7 Å². The Morgan fingerprint density at radius 2 is 2.27 bits per heavy atom. The van der Waals surface area contributed by atoms with E-state index in [1.165, 1.54) is 12.1 Å². The van der Waals surface area contributed by atoms with Crippen LogP contribution in [-0.2, 0) is 0 Å². The molecule has 0 aromatic heterocycles. The summed E-state index contributed by atoms with van der Waals surface area (Å²) < 4.78 is 13.7. The molecule has 0 spiro atoms. The maximum Gasteiger partial charge on any atom is 0.254 e. The first-order valence-electron chi connectivity index (χ1n) is 7.70. The van der Waals surface area contributed by atoms with Crippen LogP contribution in [0.25, 0.3) is 0 Å². The molecule has 0 aliphatic carbocycles. The lowest BCUT2D eigenvalue weighted by molar-refractivity contribution is 0.0948. The Hall–Kier alpha value is -1.17. The van der Waals surface area contributed by atoms with Gasteiger partial charge in [0.2, 0.25) is 0 Å². The largest absolute Gasteiger partial charge is 0.395 e. The molecule has 1 amide bonds. The maximum atomic E-state index is 13.7. The summed E-state index contributed by atoms with van der Waals surface area (Å²) in [7, 11) is 0. The zero-order valence-electron chi connectivity index (χ0n) is 12.5. The predicted molar refractivity (Wildman–Crippen MR) is 84.7 cm³/mol. The van der Waals surface area contributed by atoms with Crippen LogP contribution in [0.3, 0.4) is 0 Å². The molecule has 1 fully saturated rings. The molecular weight excluding hydrogens is 307 g/mol. The van der Waals surface area contributed by atoms with Crippen LogP contribution in [0.1, 0.15) is 36.0 Å². The van der Waals surface area contributed by atoms with E-state index in [-0.39, 0.29) is 23.2 Å². The van der Waals surface area contributed by atoms with Gasteiger partial charge in [0.15, 0.2) is 5.82 Å². The molecule has 0 bridgehead atoms. The van der Waals surface area contributed by atoms with Gasteiger partial charge in [0.1, 0.15) is 0 Å². The third-order valence-electron chi connectivity index (χ3n) is 4.06. The van der Waals surface area contributed by atoms with Gasteiger partial charge in [-0.1, -0.05) is 17.7 Å². The van der Waals surface area contributed by atoms with Crippen molar-refractivity contribution in [2.75, 3.05) is 26.2 Å². The topological polar surface area (TPSA) is 52.6 Å². The van der Waals surface area contributed by atoms with Crippen molar-refractivity contribution in [2.24, 2.45) is 0 Å². The highest BCUT2D eigenvalue weighted by molar-refractivity contribution is 6.31. The van der Waals surface area contributed by atoms with E-state index in [9.17, 15) is 14.3 Å². The number of halogens is 2. The van der Waals surface area contributed by atoms with E-state index < -0.39 is 11.7 Å². The Kier molecular flexibility index (Phi) is 6.61. The van der Waals surface area contributed by atoms with E-state index in [2.05, 4.69) is 10.2 Å². The molecule has 1 atom stereocenters. The van der Waals surface area contributed by atoms with E-state index in [0.29, 0.717) is 6.54 Å². The minimum Gasteiger partial charge on any atom is -0.395 e. The molecule has 122 valence electrons. The number of benzene rings is 1. The van der Waals surface area contributed by atoms with Crippen LogP contribution in [-0.4, -0.2) is 48.2 Å². The Balaban J connectivity index is 1.68. The molecule has 6 heteroatoms. The van der Waals surface area contributed by atoms with Gasteiger partial charge >= 0.3 is 0 Å². The van der Waals surface area contributed by atoms with Crippen molar-refractivity contribution in [3.63, 3.8) is 0 Å². The monoisotopic (exact) mass is 328 g/mol. The van der Waals surface area contributed by atoms with Crippen LogP contribution in [0, 0.1) is 5.82 Å². The number of nitrogens with one attached hydrogen (secondary N) is 1. The summed E-state index contributed by atoms with van der Waals surface area (Å²) in [6.07, 6.45) is 3.95. The number of carbonyl (C=O) groups is 1. The van der Waals surface area contributed by atoms with Crippen molar-refractivity contribution in [3.8, 4) is 0 Å². The lowest BCUT2D eigenvalue weighted by Gasteiger charge is -2.22.